The summed E-state index contributed by atoms with van der Waals surface area (Å²) >= 11 is 0. The minimum atomic E-state index is -0.355. The second-order valence-electron chi connectivity index (χ2n) is 7.27. The zero-order chi connectivity index (χ0) is 18.1. The average molecular weight is 346 g/mol. The van der Waals surface area contributed by atoms with Crippen molar-refractivity contribution in [3.63, 3.8) is 0 Å². The van der Waals surface area contributed by atoms with E-state index in [1.165, 1.54) is 17.9 Å². The molecule has 1 N–H and O–H groups in total. The molecule has 3 aromatic rings. The van der Waals surface area contributed by atoms with Crippen LogP contribution in [0, 0.1) is 5.41 Å². The largest absolute Gasteiger partial charge is 0.508 e. The van der Waals surface area contributed by atoms with Crippen molar-refractivity contribution in [2.24, 2.45) is 5.41 Å². The molecule has 0 bridgehead atoms. The number of aromatic hydroxyl groups is 1. The molecule has 1 saturated carbocycles. The SMILES string of the molecule is COC(=O)C1(Cc2ccc(O)c(Cc3ccc4ccccc4c3)c2)CC1. The number of phenols is 1. The van der Waals surface area contributed by atoms with Gasteiger partial charge >= 0.3 is 5.97 Å². The second kappa shape index (κ2) is 6.49. The van der Waals surface area contributed by atoms with Crippen LogP contribution in [-0.2, 0) is 22.4 Å². The highest BCUT2D eigenvalue weighted by Crippen LogP contribution is 2.49. The fourth-order valence-corrected chi connectivity index (χ4v) is 3.67. The molecule has 0 aromatic heterocycles. The minimum absolute atomic E-state index is 0.123. The molecule has 26 heavy (non-hydrogen) atoms. The van der Waals surface area contributed by atoms with E-state index in [-0.39, 0.29) is 11.4 Å². The summed E-state index contributed by atoms with van der Waals surface area (Å²) in [4.78, 5) is 12.0. The van der Waals surface area contributed by atoms with E-state index in [1.54, 1.807) is 6.07 Å². The fraction of sp³-hybridized carbons (Fsp3) is 0.261. The monoisotopic (exact) mass is 346 g/mol. The molecule has 4 rings (SSSR count). The van der Waals surface area contributed by atoms with Crippen LogP contribution in [-0.4, -0.2) is 18.2 Å². The fourth-order valence-electron chi connectivity index (χ4n) is 3.67. The molecule has 0 heterocycles. The predicted molar refractivity (Wildman–Crippen MR) is 102 cm³/mol. The van der Waals surface area contributed by atoms with Crippen molar-refractivity contribution in [2.75, 3.05) is 7.11 Å². The van der Waals surface area contributed by atoms with E-state index in [1.807, 2.05) is 24.3 Å². The van der Waals surface area contributed by atoms with E-state index >= 15 is 0 Å². The van der Waals surface area contributed by atoms with Crippen LogP contribution in [0.25, 0.3) is 10.8 Å². The lowest BCUT2D eigenvalue weighted by Gasteiger charge is -2.14. The van der Waals surface area contributed by atoms with Gasteiger partial charge in [0.25, 0.3) is 0 Å². The molecule has 0 aliphatic heterocycles. The molecule has 0 saturated heterocycles. The summed E-state index contributed by atoms with van der Waals surface area (Å²) in [5, 5.41) is 12.7. The van der Waals surface area contributed by atoms with Crippen molar-refractivity contribution in [3.05, 3.63) is 77.4 Å². The molecule has 132 valence electrons. The average Bonchev–Trinajstić information content (AvgIpc) is 3.44. The van der Waals surface area contributed by atoms with Gasteiger partial charge in [0.15, 0.2) is 0 Å². The van der Waals surface area contributed by atoms with E-state index in [0.29, 0.717) is 18.6 Å². The van der Waals surface area contributed by atoms with E-state index in [9.17, 15) is 9.90 Å². The molecule has 0 spiro atoms. The number of carbonyl (C=O) groups is 1. The minimum Gasteiger partial charge on any atom is -0.508 e. The first-order valence-electron chi connectivity index (χ1n) is 8.96. The summed E-state index contributed by atoms with van der Waals surface area (Å²) in [6.45, 7) is 0. The molecule has 0 amide bonds. The van der Waals surface area contributed by atoms with E-state index < -0.39 is 0 Å². The van der Waals surface area contributed by atoms with E-state index in [0.717, 1.165) is 29.5 Å². The number of rotatable bonds is 5. The van der Waals surface area contributed by atoms with Gasteiger partial charge in [0, 0.05) is 6.42 Å². The molecule has 0 unspecified atom stereocenters. The molecule has 1 aliphatic rings. The van der Waals surface area contributed by atoms with Crippen molar-refractivity contribution in [1.29, 1.82) is 0 Å². The highest BCUT2D eigenvalue weighted by Gasteiger charge is 2.50. The molecule has 3 heteroatoms. The number of carbonyl (C=O) groups excluding carboxylic acids is 1. The zero-order valence-corrected chi connectivity index (χ0v) is 14.9. The quantitative estimate of drug-likeness (QED) is 0.685. The van der Waals surface area contributed by atoms with Gasteiger partial charge in [0.1, 0.15) is 5.75 Å². The highest BCUT2D eigenvalue weighted by atomic mass is 16.5. The summed E-state index contributed by atoms with van der Waals surface area (Å²) < 4.78 is 4.95. The Hall–Kier alpha value is -2.81. The molecule has 3 nitrogen and oxygen atoms in total. The third-order valence-corrected chi connectivity index (χ3v) is 5.37. The van der Waals surface area contributed by atoms with Crippen LogP contribution >= 0.6 is 0 Å². The van der Waals surface area contributed by atoms with Crippen molar-refractivity contribution < 1.29 is 14.6 Å². The van der Waals surface area contributed by atoms with Crippen molar-refractivity contribution in [3.8, 4) is 5.75 Å². The van der Waals surface area contributed by atoms with Crippen molar-refractivity contribution >= 4 is 16.7 Å². The number of fused-ring (bicyclic) bond motifs is 1. The number of esters is 1. The number of benzene rings is 3. The molecular formula is C23H22O3. The first kappa shape index (κ1) is 16.6. The van der Waals surface area contributed by atoms with Crippen LogP contribution in [0.4, 0.5) is 0 Å². The smallest absolute Gasteiger partial charge is 0.312 e. The van der Waals surface area contributed by atoms with Crippen LogP contribution in [0.15, 0.2) is 60.7 Å². The molecule has 1 fully saturated rings. The number of hydrogen-bond donors (Lipinski definition) is 1. The van der Waals surface area contributed by atoms with Gasteiger partial charge < -0.3 is 9.84 Å². The molecule has 1 aliphatic carbocycles. The third-order valence-electron chi connectivity index (χ3n) is 5.37. The molecular weight excluding hydrogens is 324 g/mol. The summed E-state index contributed by atoms with van der Waals surface area (Å²) in [5.41, 5.74) is 2.76. The third kappa shape index (κ3) is 3.17. The van der Waals surface area contributed by atoms with Gasteiger partial charge in [-0.2, -0.15) is 0 Å². The Kier molecular flexibility index (Phi) is 4.15. The maximum absolute atomic E-state index is 12.0. The Labute approximate surface area is 153 Å². The Bertz CT molecular complexity index is 970. The molecule has 3 aromatic carbocycles. The van der Waals surface area contributed by atoms with Crippen LogP contribution in [0.2, 0.25) is 0 Å². The van der Waals surface area contributed by atoms with Gasteiger partial charge in [-0.25, -0.2) is 0 Å². The predicted octanol–water partition coefficient (Wildman–Crippen LogP) is 4.63. The molecule has 0 atom stereocenters. The van der Waals surface area contributed by atoms with Crippen molar-refractivity contribution in [2.45, 2.75) is 25.7 Å². The van der Waals surface area contributed by atoms with Crippen LogP contribution < -0.4 is 0 Å². The second-order valence-corrected chi connectivity index (χ2v) is 7.27. The van der Waals surface area contributed by atoms with Gasteiger partial charge in [-0.1, -0.05) is 54.6 Å². The first-order valence-corrected chi connectivity index (χ1v) is 8.96. The summed E-state index contributed by atoms with van der Waals surface area (Å²) in [7, 11) is 1.45. The number of ether oxygens (including phenoxy) is 1. The Morgan fingerprint density at radius 1 is 1.00 bits per heavy atom. The van der Waals surface area contributed by atoms with E-state index in [4.69, 9.17) is 4.74 Å². The first-order chi connectivity index (χ1) is 12.6. The summed E-state index contributed by atoms with van der Waals surface area (Å²) in [6, 6.07) is 20.3. The lowest BCUT2D eigenvalue weighted by atomic mass is 9.93. The molecule has 0 radical (unpaired) electrons. The maximum Gasteiger partial charge on any atom is 0.312 e. The van der Waals surface area contributed by atoms with Gasteiger partial charge in [-0.05, 0) is 52.8 Å². The number of phenolic OH excluding ortho intramolecular Hbond substituents is 1. The van der Waals surface area contributed by atoms with Gasteiger partial charge in [-0.3, -0.25) is 4.79 Å². The zero-order valence-electron chi connectivity index (χ0n) is 14.9. The van der Waals surface area contributed by atoms with Crippen LogP contribution in [0.5, 0.6) is 5.75 Å². The summed E-state index contributed by atoms with van der Waals surface area (Å²) in [5.74, 6) is 0.173. The summed E-state index contributed by atoms with van der Waals surface area (Å²) in [6.07, 6.45) is 3.08. The van der Waals surface area contributed by atoms with Gasteiger partial charge in [0.2, 0.25) is 0 Å². The van der Waals surface area contributed by atoms with Gasteiger partial charge in [-0.15, -0.1) is 0 Å². The van der Waals surface area contributed by atoms with Crippen molar-refractivity contribution in [1.82, 2.24) is 0 Å². The normalized spacial score (nSPS) is 15.0. The van der Waals surface area contributed by atoms with Gasteiger partial charge in [0.05, 0.1) is 12.5 Å². The number of methoxy groups -OCH3 is 1. The van der Waals surface area contributed by atoms with Crippen LogP contribution in [0.3, 0.4) is 0 Å². The Balaban J connectivity index is 1.59. The topological polar surface area (TPSA) is 46.5 Å². The Morgan fingerprint density at radius 2 is 1.73 bits per heavy atom. The lowest BCUT2D eigenvalue weighted by Crippen LogP contribution is -2.20. The Morgan fingerprint density at radius 3 is 2.46 bits per heavy atom. The lowest BCUT2D eigenvalue weighted by molar-refractivity contribution is -0.147. The standard InChI is InChI=1S/C23H22O3/c1-26-22(25)23(10-11-23)15-17-7-9-21(24)20(14-17)13-16-6-8-18-4-2-3-5-19(18)12-16/h2-9,12,14,24H,10-11,13,15H2,1H3. The van der Waals surface area contributed by atoms with Crippen LogP contribution in [0.1, 0.15) is 29.5 Å². The number of hydrogen-bond acceptors (Lipinski definition) is 3. The maximum atomic E-state index is 12.0. The highest BCUT2D eigenvalue weighted by molar-refractivity contribution is 5.83. The van der Waals surface area contributed by atoms with E-state index in [2.05, 4.69) is 30.3 Å².